The van der Waals surface area contributed by atoms with Crippen molar-refractivity contribution in [3.05, 3.63) is 28.2 Å². The fourth-order valence-electron chi connectivity index (χ4n) is 1.83. The van der Waals surface area contributed by atoms with Crippen LogP contribution in [0.3, 0.4) is 0 Å². The first-order valence-electron chi connectivity index (χ1n) is 5.07. The Morgan fingerprint density at radius 3 is 2.69 bits per heavy atom. The standard InChI is InChI=1S/C11H11BrF2O2/c12-6-4-7(13)11(14)10(5-6)16-9-3-1-2-8(9)15/h4-5,8-9,15H,1-3H2. The van der Waals surface area contributed by atoms with Crippen LogP contribution in [0.2, 0.25) is 0 Å². The largest absolute Gasteiger partial charge is 0.484 e. The quantitative estimate of drug-likeness (QED) is 0.849. The van der Waals surface area contributed by atoms with E-state index < -0.39 is 23.8 Å². The number of benzene rings is 1. The molecule has 88 valence electrons. The van der Waals surface area contributed by atoms with Crippen LogP contribution in [0.5, 0.6) is 5.75 Å². The fourth-order valence-corrected chi connectivity index (χ4v) is 2.23. The minimum atomic E-state index is -1.01. The summed E-state index contributed by atoms with van der Waals surface area (Å²) in [6.07, 6.45) is 1.10. The summed E-state index contributed by atoms with van der Waals surface area (Å²) in [5.74, 6) is -2.13. The number of halogens is 3. The molecular formula is C11H11BrF2O2. The van der Waals surface area contributed by atoms with E-state index in [0.29, 0.717) is 17.3 Å². The third-order valence-electron chi connectivity index (χ3n) is 2.66. The number of ether oxygens (including phenoxy) is 1. The highest BCUT2D eigenvalue weighted by Gasteiger charge is 2.28. The summed E-state index contributed by atoms with van der Waals surface area (Å²) in [5, 5.41) is 9.53. The summed E-state index contributed by atoms with van der Waals surface area (Å²) < 4.78 is 32.1. The van der Waals surface area contributed by atoms with Crippen LogP contribution in [-0.4, -0.2) is 17.3 Å². The van der Waals surface area contributed by atoms with Gasteiger partial charge in [-0.2, -0.15) is 4.39 Å². The lowest BCUT2D eigenvalue weighted by Crippen LogP contribution is -2.26. The maximum atomic E-state index is 13.4. The highest BCUT2D eigenvalue weighted by Crippen LogP contribution is 2.30. The van der Waals surface area contributed by atoms with Gasteiger partial charge >= 0.3 is 0 Å². The zero-order valence-electron chi connectivity index (χ0n) is 8.42. The van der Waals surface area contributed by atoms with Gasteiger partial charge < -0.3 is 9.84 Å². The van der Waals surface area contributed by atoms with E-state index in [0.717, 1.165) is 12.5 Å². The third kappa shape index (κ3) is 2.35. The zero-order valence-corrected chi connectivity index (χ0v) is 10.0. The Bertz CT molecular complexity index is 398. The van der Waals surface area contributed by atoms with Gasteiger partial charge in [0.2, 0.25) is 5.82 Å². The molecule has 1 aliphatic carbocycles. The van der Waals surface area contributed by atoms with Crippen molar-refractivity contribution in [1.29, 1.82) is 0 Å². The number of hydrogen-bond acceptors (Lipinski definition) is 2. The van der Waals surface area contributed by atoms with Crippen LogP contribution < -0.4 is 4.74 Å². The first-order valence-corrected chi connectivity index (χ1v) is 5.86. The molecule has 1 aliphatic rings. The van der Waals surface area contributed by atoms with Crippen molar-refractivity contribution >= 4 is 15.9 Å². The van der Waals surface area contributed by atoms with Crippen molar-refractivity contribution in [2.45, 2.75) is 31.5 Å². The van der Waals surface area contributed by atoms with Crippen LogP contribution in [0.15, 0.2) is 16.6 Å². The van der Waals surface area contributed by atoms with E-state index in [9.17, 15) is 13.9 Å². The summed E-state index contributed by atoms with van der Waals surface area (Å²) >= 11 is 3.06. The van der Waals surface area contributed by atoms with Gasteiger partial charge in [0.1, 0.15) is 6.10 Å². The van der Waals surface area contributed by atoms with Gasteiger partial charge in [-0.15, -0.1) is 0 Å². The maximum absolute atomic E-state index is 13.4. The van der Waals surface area contributed by atoms with Gasteiger partial charge in [0, 0.05) is 4.47 Å². The molecule has 16 heavy (non-hydrogen) atoms. The van der Waals surface area contributed by atoms with E-state index in [1.54, 1.807) is 0 Å². The molecule has 1 aromatic rings. The molecule has 0 bridgehead atoms. The number of aliphatic hydroxyl groups is 1. The highest BCUT2D eigenvalue weighted by molar-refractivity contribution is 9.10. The monoisotopic (exact) mass is 292 g/mol. The Morgan fingerprint density at radius 1 is 1.31 bits per heavy atom. The van der Waals surface area contributed by atoms with E-state index in [2.05, 4.69) is 15.9 Å². The van der Waals surface area contributed by atoms with Gasteiger partial charge in [-0.05, 0) is 31.4 Å². The van der Waals surface area contributed by atoms with E-state index in [-0.39, 0.29) is 5.75 Å². The predicted octanol–water partition coefficient (Wildman–Crippen LogP) is 3.02. The fraction of sp³-hybridized carbons (Fsp3) is 0.455. The second-order valence-electron chi connectivity index (χ2n) is 3.85. The van der Waals surface area contributed by atoms with Gasteiger partial charge in [-0.1, -0.05) is 15.9 Å². The second-order valence-corrected chi connectivity index (χ2v) is 4.77. The third-order valence-corrected chi connectivity index (χ3v) is 3.11. The Morgan fingerprint density at radius 2 is 2.06 bits per heavy atom. The van der Waals surface area contributed by atoms with E-state index in [4.69, 9.17) is 4.74 Å². The second kappa shape index (κ2) is 4.67. The molecule has 1 saturated carbocycles. The Labute approximate surface area is 100 Å². The van der Waals surface area contributed by atoms with Crippen LogP contribution in [0.4, 0.5) is 8.78 Å². The molecule has 0 saturated heterocycles. The summed E-state index contributed by atoms with van der Waals surface area (Å²) in [4.78, 5) is 0. The number of rotatable bonds is 2. The van der Waals surface area contributed by atoms with Crippen LogP contribution in [0.25, 0.3) is 0 Å². The normalized spacial score (nSPS) is 24.8. The molecule has 0 amide bonds. The Hall–Kier alpha value is -0.680. The van der Waals surface area contributed by atoms with E-state index in [1.165, 1.54) is 6.07 Å². The molecule has 1 aromatic carbocycles. The van der Waals surface area contributed by atoms with Gasteiger partial charge in [0.05, 0.1) is 6.10 Å². The first-order chi connectivity index (χ1) is 7.58. The lowest BCUT2D eigenvalue weighted by atomic mass is 10.2. The van der Waals surface area contributed by atoms with Crippen LogP contribution in [0, 0.1) is 11.6 Å². The molecule has 2 rings (SSSR count). The van der Waals surface area contributed by atoms with Crippen molar-refractivity contribution in [2.24, 2.45) is 0 Å². The molecule has 0 radical (unpaired) electrons. The average Bonchev–Trinajstić information content (AvgIpc) is 2.60. The van der Waals surface area contributed by atoms with Gasteiger partial charge in [-0.25, -0.2) is 4.39 Å². The minimum absolute atomic E-state index is 0.155. The lowest BCUT2D eigenvalue weighted by Gasteiger charge is -2.17. The molecule has 0 aliphatic heterocycles. The van der Waals surface area contributed by atoms with Gasteiger partial charge in [0.15, 0.2) is 11.6 Å². The smallest absolute Gasteiger partial charge is 0.200 e. The van der Waals surface area contributed by atoms with E-state index >= 15 is 0 Å². The number of hydrogen-bond donors (Lipinski definition) is 1. The first kappa shape index (κ1) is 11.8. The van der Waals surface area contributed by atoms with Crippen molar-refractivity contribution in [3.63, 3.8) is 0 Å². The molecule has 1 N–H and O–H groups in total. The average molecular weight is 293 g/mol. The Kier molecular flexibility index (Phi) is 3.44. The SMILES string of the molecule is OC1CCCC1Oc1cc(Br)cc(F)c1F. The molecule has 1 fully saturated rings. The summed E-state index contributed by atoms with van der Waals surface area (Å²) in [5.41, 5.74) is 0. The molecule has 0 heterocycles. The molecule has 2 unspecified atom stereocenters. The van der Waals surface area contributed by atoms with Crippen molar-refractivity contribution < 1.29 is 18.6 Å². The maximum Gasteiger partial charge on any atom is 0.200 e. The molecule has 5 heteroatoms. The van der Waals surface area contributed by atoms with Crippen LogP contribution in [-0.2, 0) is 0 Å². The topological polar surface area (TPSA) is 29.5 Å². The van der Waals surface area contributed by atoms with Gasteiger partial charge in [0.25, 0.3) is 0 Å². The summed E-state index contributed by atoms with van der Waals surface area (Å²) in [6, 6.07) is 2.40. The minimum Gasteiger partial charge on any atom is -0.484 e. The predicted molar refractivity (Wildman–Crippen MR) is 58.3 cm³/mol. The Balaban J connectivity index is 2.20. The van der Waals surface area contributed by atoms with Crippen LogP contribution in [0.1, 0.15) is 19.3 Å². The molecule has 0 spiro atoms. The van der Waals surface area contributed by atoms with Crippen molar-refractivity contribution in [2.75, 3.05) is 0 Å². The number of aliphatic hydroxyl groups excluding tert-OH is 1. The molecule has 2 atom stereocenters. The van der Waals surface area contributed by atoms with Crippen molar-refractivity contribution in [1.82, 2.24) is 0 Å². The summed E-state index contributed by atoms with van der Waals surface area (Å²) in [7, 11) is 0. The molecule has 0 aromatic heterocycles. The van der Waals surface area contributed by atoms with E-state index in [1.807, 2.05) is 0 Å². The van der Waals surface area contributed by atoms with Crippen LogP contribution >= 0.6 is 15.9 Å². The van der Waals surface area contributed by atoms with Gasteiger partial charge in [-0.3, -0.25) is 0 Å². The lowest BCUT2D eigenvalue weighted by molar-refractivity contribution is 0.0573. The highest BCUT2D eigenvalue weighted by atomic mass is 79.9. The molecular weight excluding hydrogens is 282 g/mol. The summed E-state index contributed by atoms with van der Waals surface area (Å²) in [6.45, 7) is 0. The molecule has 2 nitrogen and oxygen atoms in total. The van der Waals surface area contributed by atoms with Crippen molar-refractivity contribution in [3.8, 4) is 5.75 Å². The zero-order chi connectivity index (χ0) is 11.7.